The minimum atomic E-state index is -0.599. The van der Waals surface area contributed by atoms with E-state index >= 15 is 0 Å². The minimum Gasteiger partial charge on any atom is -0.492 e. The molecule has 0 radical (unpaired) electrons. The Morgan fingerprint density at radius 3 is 3.00 bits per heavy atom. The van der Waals surface area contributed by atoms with E-state index in [1.54, 1.807) is 0 Å². The SMILES string of the molecule is CCCSC(=S)Nc1nc(O)c(N)c(=O)[nH]1. The van der Waals surface area contributed by atoms with Gasteiger partial charge in [0.05, 0.1) is 0 Å². The molecular formula is C8H12N4O2S2. The molecule has 1 aromatic heterocycles. The van der Waals surface area contributed by atoms with Gasteiger partial charge in [0.2, 0.25) is 11.8 Å². The fraction of sp³-hybridized carbons (Fsp3) is 0.375. The molecule has 0 atom stereocenters. The molecule has 0 amide bonds. The standard InChI is InChI=1S/C8H12N4O2S2/c1-2-3-16-8(15)12-7-10-5(13)4(9)6(14)11-7/h2-3,9H2,1H3,(H3,10,11,12,13,14,15). The number of thiocarbonyl (C=S) groups is 1. The van der Waals surface area contributed by atoms with Crippen molar-refractivity contribution in [3.8, 4) is 5.88 Å². The number of nitrogen functional groups attached to an aromatic ring is 1. The van der Waals surface area contributed by atoms with Crippen LogP contribution in [0, 0.1) is 0 Å². The lowest BCUT2D eigenvalue weighted by Crippen LogP contribution is -2.17. The van der Waals surface area contributed by atoms with Crippen LogP contribution in [0.4, 0.5) is 11.6 Å². The Morgan fingerprint density at radius 1 is 1.75 bits per heavy atom. The van der Waals surface area contributed by atoms with Crippen molar-refractivity contribution in [2.75, 3.05) is 16.8 Å². The van der Waals surface area contributed by atoms with Crippen LogP contribution in [0.15, 0.2) is 4.79 Å². The third-order valence-corrected chi connectivity index (χ3v) is 3.03. The largest absolute Gasteiger partial charge is 0.492 e. The number of aromatic amines is 1. The van der Waals surface area contributed by atoms with Crippen LogP contribution >= 0.6 is 24.0 Å². The van der Waals surface area contributed by atoms with Crippen molar-refractivity contribution in [1.82, 2.24) is 9.97 Å². The van der Waals surface area contributed by atoms with Gasteiger partial charge in [-0.2, -0.15) is 4.98 Å². The van der Waals surface area contributed by atoms with Gasteiger partial charge in [-0.25, -0.2) is 0 Å². The zero-order chi connectivity index (χ0) is 12.1. The molecule has 16 heavy (non-hydrogen) atoms. The van der Waals surface area contributed by atoms with Crippen molar-refractivity contribution in [3.63, 3.8) is 0 Å². The van der Waals surface area contributed by atoms with Crippen molar-refractivity contribution in [2.45, 2.75) is 13.3 Å². The third-order valence-electron chi connectivity index (χ3n) is 1.59. The Kier molecular flexibility index (Phi) is 4.56. The number of anilines is 2. The van der Waals surface area contributed by atoms with Crippen LogP contribution in [-0.4, -0.2) is 25.1 Å². The van der Waals surface area contributed by atoms with E-state index in [1.807, 2.05) is 6.92 Å². The lowest BCUT2D eigenvalue weighted by atomic mass is 10.5. The highest BCUT2D eigenvalue weighted by Gasteiger charge is 2.07. The zero-order valence-electron chi connectivity index (χ0n) is 8.61. The van der Waals surface area contributed by atoms with E-state index in [1.165, 1.54) is 11.8 Å². The number of nitrogens with zero attached hydrogens (tertiary/aromatic N) is 1. The van der Waals surface area contributed by atoms with Crippen LogP contribution < -0.4 is 16.6 Å². The van der Waals surface area contributed by atoms with Crippen molar-refractivity contribution in [1.29, 1.82) is 0 Å². The average molecular weight is 260 g/mol. The summed E-state index contributed by atoms with van der Waals surface area (Å²) in [6.45, 7) is 2.03. The molecule has 6 nitrogen and oxygen atoms in total. The van der Waals surface area contributed by atoms with E-state index in [4.69, 9.17) is 18.0 Å². The van der Waals surface area contributed by atoms with Crippen molar-refractivity contribution >= 4 is 39.9 Å². The molecular weight excluding hydrogens is 248 g/mol. The summed E-state index contributed by atoms with van der Waals surface area (Å²) >= 11 is 6.43. The zero-order valence-corrected chi connectivity index (χ0v) is 10.2. The van der Waals surface area contributed by atoms with Gasteiger partial charge < -0.3 is 16.2 Å². The predicted molar refractivity (Wildman–Crippen MR) is 69.9 cm³/mol. The van der Waals surface area contributed by atoms with Crippen LogP contribution in [0.1, 0.15) is 13.3 Å². The summed E-state index contributed by atoms with van der Waals surface area (Å²) in [4.78, 5) is 17.2. The summed E-state index contributed by atoms with van der Waals surface area (Å²) in [6, 6.07) is 0. The molecule has 8 heteroatoms. The second kappa shape index (κ2) is 5.71. The maximum absolute atomic E-state index is 11.2. The number of thioether (sulfide) groups is 1. The lowest BCUT2D eigenvalue weighted by molar-refractivity contribution is 0.455. The molecule has 0 aromatic carbocycles. The smallest absolute Gasteiger partial charge is 0.279 e. The van der Waals surface area contributed by atoms with Crippen molar-refractivity contribution in [3.05, 3.63) is 10.4 Å². The Labute approximate surface area is 102 Å². The molecule has 0 aliphatic rings. The molecule has 0 bridgehead atoms. The third kappa shape index (κ3) is 3.38. The summed E-state index contributed by atoms with van der Waals surface area (Å²) in [5.74, 6) is 0.455. The van der Waals surface area contributed by atoms with Gasteiger partial charge >= 0.3 is 0 Å². The minimum absolute atomic E-state index is 0.0882. The summed E-state index contributed by atoms with van der Waals surface area (Å²) in [6.07, 6.45) is 0.990. The van der Waals surface area contributed by atoms with Crippen LogP contribution in [0.3, 0.4) is 0 Å². The van der Waals surface area contributed by atoms with Crippen LogP contribution in [-0.2, 0) is 0 Å². The number of aromatic hydroxyl groups is 1. The van der Waals surface area contributed by atoms with Gasteiger partial charge in [0.25, 0.3) is 5.56 Å². The van der Waals surface area contributed by atoms with Gasteiger partial charge in [0, 0.05) is 0 Å². The Morgan fingerprint density at radius 2 is 2.44 bits per heavy atom. The second-order valence-electron chi connectivity index (χ2n) is 2.91. The molecule has 0 aliphatic heterocycles. The molecule has 1 aromatic rings. The normalized spacial score (nSPS) is 10.1. The monoisotopic (exact) mass is 260 g/mol. The van der Waals surface area contributed by atoms with E-state index in [-0.39, 0.29) is 11.6 Å². The lowest BCUT2D eigenvalue weighted by Gasteiger charge is -2.06. The Bertz CT molecular complexity index is 446. The molecule has 1 rings (SSSR count). The number of nitrogens with two attached hydrogens (primary N) is 1. The number of nitrogens with one attached hydrogen (secondary N) is 2. The topological polar surface area (TPSA) is 104 Å². The summed E-state index contributed by atoms with van der Waals surface area (Å²) in [5, 5.41) is 11.9. The number of hydrogen-bond donors (Lipinski definition) is 4. The highest BCUT2D eigenvalue weighted by atomic mass is 32.2. The van der Waals surface area contributed by atoms with E-state index in [9.17, 15) is 9.90 Å². The summed E-state index contributed by atoms with van der Waals surface area (Å²) in [5.41, 5.74) is 4.33. The summed E-state index contributed by atoms with van der Waals surface area (Å²) in [7, 11) is 0. The molecule has 0 aliphatic carbocycles. The van der Waals surface area contributed by atoms with Crippen LogP contribution in [0.5, 0.6) is 5.88 Å². The Balaban J connectivity index is 2.75. The molecule has 0 unspecified atom stereocenters. The average Bonchev–Trinajstić information content (AvgIpc) is 2.23. The number of aromatic nitrogens is 2. The number of rotatable bonds is 3. The van der Waals surface area contributed by atoms with Crippen LogP contribution in [0.2, 0.25) is 0 Å². The van der Waals surface area contributed by atoms with Gasteiger partial charge in [-0.15, -0.1) is 0 Å². The van der Waals surface area contributed by atoms with Crippen molar-refractivity contribution in [2.24, 2.45) is 0 Å². The van der Waals surface area contributed by atoms with E-state index < -0.39 is 11.4 Å². The first-order valence-electron chi connectivity index (χ1n) is 4.57. The van der Waals surface area contributed by atoms with Gasteiger partial charge in [-0.3, -0.25) is 9.78 Å². The Hall–Kier alpha value is -1.28. The highest BCUT2D eigenvalue weighted by molar-refractivity contribution is 8.23. The predicted octanol–water partition coefficient (Wildman–Crippen LogP) is 0.898. The molecule has 1 heterocycles. The maximum Gasteiger partial charge on any atom is 0.279 e. The van der Waals surface area contributed by atoms with E-state index in [2.05, 4.69) is 15.3 Å². The van der Waals surface area contributed by atoms with Gasteiger partial charge in [0.1, 0.15) is 4.32 Å². The van der Waals surface area contributed by atoms with Gasteiger partial charge in [-0.1, -0.05) is 30.9 Å². The fourth-order valence-corrected chi connectivity index (χ4v) is 1.76. The summed E-state index contributed by atoms with van der Waals surface area (Å²) < 4.78 is 0.481. The van der Waals surface area contributed by atoms with Gasteiger partial charge in [0.15, 0.2) is 5.69 Å². The van der Waals surface area contributed by atoms with Crippen molar-refractivity contribution < 1.29 is 5.11 Å². The number of hydrogen-bond acceptors (Lipinski definition) is 6. The molecule has 0 fully saturated rings. The molecule has 88 valence electrons. The molecule has 0 spiro atoms. The fourth-order valence-electron chi connectivity index (χ4n) is 0.857. The second-order valence-corrected chi connectivity index (χ2v) is 4.68. The molecule has 5 N–H and O–H groups in total. The molecule has 0 saturated carbocycles. The maximum atomic E-state index is 11.2. The number of H-pyrrole nitrogens is 1. The molecule has 0 saturated heterocycles. The first-order chi connectivity index (χ1) is 7.54. The first kappa shape index (κ1) is 12.8. The van der Waals surface area contributed by atoms with Crippen LogP contribution in [0.25, 0.3) is 0 Å². The first-order valence-corrected chi connectivity index (χ1v) is 5.96. The van der Waals surface area contributed by atoms with E-state index in [0.717, 1.165) is 12.2 Å². The quantitative estimate of drug-likeness (QED) is 0.598. The van der Waals surface area contributed by atoms with Gasteiger partial charge in [-0.05, 0) is 12.2 Å². The van der Waals surface area contributed by atoms with E-state index in [0.29, 0.717) is 4.32 Å². The highest BCUT2D eigenvalue weighted by Crippen LogP contribution is 2.13.